The summed E-state index contributed by atoms with van der Waals surface area (Å²) in [7, 11) is 0. The maximum atomic E-state index is 10.9. The second-order valence-corrected chi connectivity index (χ2v) is 4.11. The predicted molar refractivity (Wildman–Crippen MR) is 73.9 cm³/mol. The Kier molecular flexibility index (Phi) is 16.1. The summed E-state index contributed by atoms with van der Waals surface area (Å²) in [5.41, 5.74) is 0. The summed E-state index contributed by atoms with van der Waals surface area (Å²) in [6, 6.07) is 0. The highest BCUT2D eigenvalue weighted by Crippen LogP contribution is 2.02. The maximum absolute atomic E-state index is 10.9. The first kappa shape index (κ1) is 22.6. The zero-order valence-corrected chi connectivity index (χ0v) is 12.6. The Balaban J connectivity index is 0. The summed E-state index contributed by atoms with van der Waals surface area (Å²) < 4.78 is 9.25. The van der Waals surface area contributed by atoms with Gasteiger partial charge in [-0.2, -0.15) is 0 Å². The molecule has 0 aliphatic heterocycles. The summed E-state index contributed by atoms with van der Waals surface area (Å²) in [6.07, 6.45) is 0.308. The van der Waals surface area contributed by atoms with Crippen molar-refractivity contribution in [1.82, 2.24) is 0 Å². The molecule has 0 saturated carbocycles. The SMILES string of the molecule is CC(O)C(=O)O.O=C(CCCCC(=O)OCCO)OCCO. The average molecular weight is 324 g/mol. The van der Waals surface area contributed by atoms with E-state index in [1.54, 1.807) is 0 Å². The fourth-order valence-electron chi connectivity index (χ4n) is 1.00. The van der Waals surface area contributed by atoms with Crippen molar-refractivity contribution in [3.05, 3.63) is 0 Å². The van der Waals surface area contributed by atoms with Gasteiger partial charge in [0.05, 0.1) is 13.2 Å². The Bertz CT molecular complexity index is 293. The number of carboxylic acid groups (broad SMARTS) is 1. The molecule has 4 N–H and O–H groups in total. The van der Waals surface area contributed by atoms with Crippen molar-refractivity contribution in [2.75, 3.05) is 26.4 Å². The molecule has 9 nitrogen and oxygen atoms in total. The van der Waals surface area contributed by atoms with Crippen LogP contribution in [-0.4, -0.2) is 70.9 Å². The van der Waals surface area contributed by atoms with Crippen LogP contribution in [0.3, 0.4) is 0 Å². The molecule has 0 rings (SSSR count). The first-order chi connectivity index (χ1) is 10.3. The Morgan fingerprint density at radius 1 is 0.909 bits per heavy atom. The van der Waals surface area contributed by atoms with Crippen molar-refractivity contribution >= 4 is 17.9 Å². The molecule has 0 aromatic heterocycles. The van der Waals surface area contributed by atoms with E-state index in [1.165, 1.54) is 6.92 Å². The molecule has 0 radical (unpaired) electrons. The predicted octanol–water partition coefficient (Wildman–Crippen LogP) is -0.930. The lowest BCUT2D eigenvalue weighted by Gasteiger charge is -2.03. The van der Waals surface area contributed by atoms with Crippen LogP contribution in [-0.2, 0) is 23.9 Å². The number of aliphatic hydroxyl groups excluding tert-OH is 3. The number of aliphatic hydroxyl groups is 3. The summed E-state index contributed by atoms with van der Waals surface area (Å²) in [6.45, 7) is 0.857. The molecule has 0 amide bonds. The number of ether oxygens (including phenoxy) is 2. The number of carbonyl (C=O) groups is 3. The number of rotatable bonds is 10. The first-order valence-electron chi connectivity index (χ1n) is 6.79. The molecular formula is C13H24O9. The third-order valence-corrected chi connectivity index (χ3v) is 2.08. The molecule has 0 fully saturated rings. The summed E-state index contributed by atoms with van der Waals surface area (Å²) in [5.74, 6) is -1.94. The molecule has 0 aromatic carbocycles. The van der Waals surface area contributed by atoms with Gasteiger partial charge in [-0.3, -0.25) is 9.59 Å². The fraction of sp³-hybridized carbons (Fsp3) is 0.769. The van der Waals surface area contributed by atoms with Gasteiger partial charge in [0, 0.05) is 12.8 Å². The van der Waals surface area contributed by atoms with E-state index in [9.17, 15) is 14.4 Å². The lowest BCUT2D eigenvalue weighted by molar-refractivity contribution is -0.146. The molecule has 0 saturated heterocycles. The van der Waals surface area contributed by atoms with Crippen LogP contribution < -0.4 is 0 Å². The molecule has 9 heteroatoms. The fourth-order valence-corrected chi connectivity index (χ4v) is 1.00. The zero-order chi connectivity index (χ0) is 17.4. The highest BCUT2D eigenvalue weighted by atomic mass is 16.5. The normalized spacial score (nSPS) is 10.9. The Morgan fingerprint density at radius 3 is 1.45 bits per heavy atom. The highest BCUT2D eigenvalue weighted by molar-refractivity contribution is 5.71. The molecule has 0 aliphatic carbocycles. The van der Waals surface area contributed by atoms with Crippen LogP contribution in [0, 0.1) is 0 Å². The van der Waals surface area contributed by atoms with Crippen molar-refractivity contribution in [3.8, 4) is 0 Å². The third-order valence-electron chi connectivity index (χ3n) is 2.08. The van der Waals surface area contributed by atoms with E-state index in [4.69, 9.17) is 20.4 Å². The van der Waals surface area contributed by atoms with Crippen molar-refractivity contribution in [3.63, 3.8) is 0 Å². The highest BCUT2D eigenvalue weighted by Gasteiger charge is 2.05. The number of carboxylic acids is 1. The van der Waals surface area contributed by atoms with E-state index >= 15 is 0 Å². The Labute approximate surface area is 128 Å². The van der Waals surface area contributed by atoms with Crippen LogP contribution in [0.4, 0.5) is 0 Å². The van der Waals surface area contributed by atoms with Gasteiger partial charge in [0.25, 0.3) is 0 Å². The quantitative estimate of drug-likeness (QED) is 0.295. The van der Waals surface area contributed by atoms with Gasteiger partial charge in [-0.05, 0) is 19.8 Å². The molecule has 1 atom stereocenters. The summed E-state index contributed by atoms with van der Waals surface area (Å²) in [4.78, 5) is 31.3. The molecule has 0 aliphatic rings. The number of unbranched alkanes of at least 4 members (excludes halogenated alkanes) is 1. The standard InChI is InChI=1S/C10H18O6.C3H6O3/c11-5-7-15-9(13)3-1-2-4-10(14)16-8-6-12;1-2(4)3(5)6/h11-12H,1-8H2;2,4H,1H3,(H,5,6). The number of hydrogen-bond donors (Lipinski definition) is 4. The van der Waals surface area contributed by atoms with Gasteiger partial charge in [0.1, 0.15) is 19.3 Å². The topological polar surface area (TPSA) is 151 Å². The van der Waals surface area contributed by atoms with Crippen LogP contribution in [0.1, 0.15) is 32.6 Å². The van der Waals surface area contributed by atoms with Gasteiger partial charge < -0.3 is 29.9 Å². The molecule has 0 bridgehead atoms. The number of esters is 2. The van der Waals surface area contributed by atoms with Crippen molar-refractivity contribution in [2.24, 2.45) is 0 Å². The summed E-state index contributed by atoms with van der Waals surface area (Å²) in [5, 5.41) is 32.5. The van der Waals surface area contributed by atoms with E-state index in [1.807, 2.05) is 0 Å². The van der Waals surface area contributed by atoms with Gasteiger partial charge >= 0.3 is 17.9 Å². The minimum absolute atomic E-state index is 0.0113. The smallest absolute Gasteiger partial charge is 0.332 e. The van der Waals surface area contributed by atoms with Gasteiger partial charge in [-0.15, -0.1) is 0 Å². The van der Waals surface area contributed by atoms with Crippen LogP contribution in [0.5, 0.6) is 0 Å². The molecule has 0 aromatic rings. The van der Waals surface area contributed by atoms with E-state index in [2.05, 4.69) is 9.47 Å². The van der Waals surface area contributed by atoms with E-state index in [0.717, 1.165) is 0 Å². The van der Waals surface area contributed by atoms with Gasteiger partial charge in [-0.25, -0.2) is 4.79 Å². The lowest BCUT2D eigenvalue weighted by atomic mass is 10.2. The van der Waals surface area contributed by atoms with Gasteiger partial charge in [-0.1, -0.05) is 0 Å². The number of carbonyl (C=O) groups excluding carboxylic acids is 2. The largest absolute Gasteiger partial charge is 0.479 e. The second-order valence-electron chi connectivity index (χ2n) is 4.11. The van der Waals surface area contributed by atoms with E-state index in [0.29, 0.717) is 12.8 Å². The molecule has 130 valence electrons. The monoisotopic (exact) mass is 324 g/mol. The Morgan fingerprint density at radius 2 is 1.23 bits per heavy atom. The molecule has 1 unspecified atom stereocenters. The van der Waals surface area contributed by atoms with Crippen LogP contribution in [0.25, 0.3) is 0 Å². The van der Waals surface area contributed by atoms with Crippen molar-refractivity contribution < 1.29 is 44.3 Å². The van der Waals surface area contributed by atoms with E-state index in [-0.39, 0.29) is 51.2 Å². The minimum atomic E-state index is -1.23. The number of hydrogen-bond acceptors (Lipinski definition) is 8. The third kappa shape index (κ3) is 18.3. The minimum Gasteiger partial charge on any atom is -0.479 e. The zero-order valence-electron chi connectivity index (χ0n) is 12.6. The van der Waals surface area contributed by atoms with Crippen LogP contribution in [0.15, 0.2) is 0 Å². The molecule has 0 spiro atoms. The molecule has 22 heavy (non-hydrogen) atoms. The van der Waals surface area contributed by atoms with Gasteiger partial charge in [0.15, 0.2) is 0 Å². The number of aliphatic carboxylic acids is 1. The average Bonchev–Trinajstić information content (AvgIpc) is 2.47. The summed E-state index contributed by atoms with van der Waals surface area (Å²) >= 11 is 0. The Hall–Kier alpha value is -1.71. The molecule has 0 heterocycles. The van der Waals surface area contributed by atoms with Crippen LogP contribution >= 0.6 is 0 Å². The maximum Gasteiger partial charge on any atom is 0.332 e. The van der Waals surface area contributed by atoms with Crippen molar-refractivity contribution in [1.29, 1.82) is 0 Å². The van der Waals surface area contributed by atoms with E-state index < -0.39 is 12.1 Å². The lowest BCUT2D eigenvalue weighted by Crippen LogP contribution is -2.13. The van der Waals surface area contributed by atoms with Crippen molar-refractivity contribution in [2.45, 2.75) is 38.7 Å². The first-order valence-corrected chi connectivity index (χ1v) is 6.79. The van der Waals surface area contributed by atoms with Gasteiger partial charge in [0.2, 0.25) is 0 Å². The second kappa shape index (κ2) is 15.7. The molecular weight excluding hydrogens is 300 g/mol. The van der Waals surface area contributed by atoms with Crippen LogP contribution in [0.2, 0.25) is 0 Å².